The van der Waals surface area contributed by atoms with Gasteiger partial charge in [0.25, 0.3) is 11.8 Å². The van der Waals surface area contributed by atoms with Gasteiger partial charge in [-0.3, -0.25) is 30.6 Å². The Morgan fingerprint density at radius 3 is 2.48 bits per heavy atom. The highest BCUT2D eigenvalue weighted by atomic mass is 32.1. The molecule has 0 aliphatic carbocycles. The highest BCUT2D eigenvalue weighted by molar-refractivity contribution is 7.18. The molecule has 0 saturated carbocycles. The fourth-order valence-electron chi connectivity index (χ4n) is 2.84. The minimum absolute atomic E-state index is 0.0160. The lowest BCUT2D eigenvalue weighted by Gasteiger charge is -2.08. The van der Waals surface area contributed by atoms with Gasteiger partial charge in [-0.15, -0.1) is 0 Å². The maximum absolute atomic E-state index is 12.4. The van der Waals surface area contributed by atoms with Gasteiger partial charge in [-0.1, -0.05) is 17.4 Å². The van der Waals surface area contributed by atoms with Gasteiger partial charge >= 0.3 is 5.00 Å². The van der Waals surface area contributed by atoms with Gasteiger partial charge in [-0.05, 0) is 42.5 Å². The van der Waals surface area contributed by atoms with Gasteiger partial charge in [-0.2, -0.15) is 0 Å². The summed E-state index contributed by atoms with van der Waals surface area (Å²) in [6, 6.07) is 14.3. The van der Waals surface area contributed by atoms with Gasteiger partial charge in [0.2, 0.25) is 0 Å². The third kappa shape index (κ3) is 4.21. The summed E-state index contributed by atoms with van der Waals surface area (Å²) in [5, 5.41) is 10.9. The molecule has 0 saturated heterocycles. The van der Waals surface area contributed by atoms with Crippen LogP contribution in [0.5, 0.6) is 5.75 Å². The van der Waals surface area contributed by atoms with Crippen LogP contribution in [0, 0.1) is 10.1 Å². The van der Waals surface area contributed by atoms with Gasteiger partial charge in [0, 0.05) is 17.2 Å². The Bertz CT molecular complexity index is 1310. The average molecular weight is 437 g/mol. The number of nitrogens with one attached hydrogen (secondary N) is 3. The fourth-order valence-corrected chi connectivity index (χ4v) is 3.61. The monoisotopic (exact) mass is 437 g/mol. The largest absolute Gasteiger partial charge is 0.497 e. The molecule has 0 radical (unpaired) electrons. The van der Waals surface area contributed by atoms with E-state index in [-0.39, 0.29) is 5.00 Å². The molecule has 2 heterocycles. The number of aromatic nitrogens is 2. The van der Waals surface area contributed by atoms with Crippen LogP contribution in [0.4, 0.5) is 5.00 Å². The number of fused-ring (bicyclic) bond motifs is 1. The van der Waals surface area contributed by atoms with Crippen molar-refractivity contribution >= 4 is 39.2 Å². The molecule has 2 amide bonds. The number of imidazole rings is 1. The predicted octanol–water partition coefficient (Wildman–Crippen LogP) is 3.28. The number of aromatic amines is 1. The molecule has 0 aliphatic heterocycles. The Balaban J connectivity index is 1.48. The fraction of sp³-hybridized carbons (Fsp3) is 0.0500. The van der Waals surface area contributed by atoms with E-state index in [2.05, 4.69) is 20.8 Å². The number of benzene rings is 2. The zero-order chi connectivity index (χ0) is 22.0. The topological polar surface area (TPSA) is 139 Å². The number of ether oxygens (including phenoxy) is 1. The van der Waals surface area contributed by atoms with E-state index in [0.717, 1.165) is 11.3 Å². The van der Waals surface area contributed by atoms with Crippen molar-refractivity contribution in [3.05, 3.63) is 75.8 Å². The number of hydrazine groups is 1. The van der Waals surface area contributed by atoms with Gasteiger partial charge < -0.3 is 9.72 Å². The number of nitro groups is 1. The molecule has 0 aliphatic rings. The predicted molar refractivity (Wildman–Crippen MR) is 114 cm³/mol. The lowest BCUT2D eigenvalue weighted by atomic mass is 10.2. The van der Waals surface area contributed by atoms with Crippen LogP contribution < -0.4 is 15.6 Å². The first-order chi connectivity index (χ1) is 14.9. The number of carbonyl (C=O) groups excluding carboxylic acids is 2. The van der Waals surface area contributed by atoms with Crippen molar-refractivity contribution in [1.82, 2.24) is 20.8 Å². The van der Waals surface area contributed by atoms with Crippen molar-refractivity contribution in [3.8, 4) is 16.5 Å². The van der Waals surface area contributed by atoms with E-state index in [9.17, 15) is 19.7 Å². The lowest BCUT2D eigenvalue weighted by Crippen LogP contribution is -2.41. The molecule has 0 atom stereocenters. The van der Waals surface area contributed by atoms with E-state index in [1.165, 1.54) is 13.2 Å². The molecule has 11 heteroatoms. The van der Waals surface area contributed by atoms with Gasteiger partial charge in [-0.25, -0.2) is 4.98 Å². The molecule has 2 aromatic heterocycles. The number of carbonyl (C=O) groups is 2. The molecule has 3 N–H and O–H groups in total. The lowest BCUT2D eigenvalue weighted by molar-refractivity contribution is -0.380. The second-order valence-corrected chi connectivity index (χ2v) is 7.41. The molecule has 0 spiro atoms. The Hall–Kier alpha value is -4.25. The smallest absolute Gasteiger partial charge is 0.324 e. The first-order valence-corrected chi connectivity index (χ1v) is 9.75. The Morgan fingerprint density at radius 2 is 1.81 bits per heavy atom. The number of amides is 2. The van der Waals surface area contributed by atoms with Gasteiger partial charge in [0.05, 0.1) is 27.9 Å². The number of rotatable bonds is 5. The van der Waals surface area contributed by atoms with Crippen LogP contribution in [-0.4, -0.2) is 33.8 Å². The van der Waals surface area contributed by atoms with Crippen molar-refractivity contribution in [2.75, 3.05) is 7.11 Å². The quantitative estimate of drug-likeness (QED) is 0.323. The number of nitrogens with zero attached hydrogens (tertiary/aromatic N) is 2. The van der Waals surface area contributed by atoms with Crippen molar-refractivity contribution in [2.24, 2.45) is 0 Å². The number of hydrogen-bond donors (Lipinski definition) is 3. The van der Waals surface area contributed by atoms with Crippen LogP contribution >= 0.6 is 11.3 Å². The van der Waals surface area contributed by atoms with Crippen molar-refractivity contribution in [2.45, 2.75) is 0 Å². The Morgan fingerprint density at radius 1 is 1.06 bits per heavy atom. The second-order valence-electron chi connectivity index (χ2n) is 6.35. The highest BCUT2D eigenvalue weighted by Crippen LogP contribution is 2.32. The molecule has 4 aromatic rings. The van der Waals surface area contributed by atoms with Crippen molar-refractivity contribution in [3.63, 3.8) is 0 Å². The summed E-state index contributed by atoms with van der Waals surface area (Å²) < 4.78 is 5.08. The number of methoxy groups -OCH3 is 1. The van der Waals surface area contributed by atoms with Gasteiger partial charge in [0.1, 0.15) is 11.6 Å². The summed E-state index contributed by atoms with van der Waals surface area (Å²) in [7, 11) is 1.50. The first kappa shape index (κ1) is 20.0. The first-order valence-electron chi connectivity index (χ1n) is 8.93. The number of H-pyrrole nitrogens is 1. The number of hydrogen-bond acceptors (Lipinski definition) is 7. The number of thiophene rings is 1. The maximum atomic E-state index is 12.4. The van der Waals surface area contributed by atoms with Gasteiger partial charge in [0.15, 0.2) is 0 Å². The van der Waals surface area contributed by atoms with Crippen molar-refractivity contribution in [1.29, 1.82) is 0 Å². The third-order valence-electron chi connectivity index (χ3n) is 4.37. The highest BCUT2D eigenvalue weighted by Gasteiger charge is 2.15. The molecule has 2 aromatic carbocycles. The SMILES string of the molecule is COc1cccc(C(=O)NNC(=O)c2ccc3nc(-c4ccc([N+](=O)[O-])s4)[nH]c3c2)c1. The maximum Gasteiger partial charge on any atom is 0.324 e. The van der Waals surface area contributed by atoms with Crippen LogP contribution in [0.1, 0.15) is 20.7 Å². The van der Waals surface area contributed by atoms with E-state index < -0.39 is 16.7 Å². The molecule has 0 fully saturated rings. The Kier molecular flexibility index (Phi) is 5.33. The summed E-state index contributed by atoms with van der Waals surface area (Å²) in [5.74, 6) is -0.00922. The average Bonchev–Trinajstić information content (AvgIpc) is 3.43. The second kappa shape index (κ2) is 8.24. The molecule has 10 nitrogen and oxygen atoms in total. The summed E-state index contributed by atoms with van der Waals surface area (Å²) in [5.41, 5.74) is 6.54. The van der Waals surface area contributed by atoms with E-state index in [1.54, 1.807) is 48.5 Å². The minimum atomic E-state index is -0.513. The van der Waals surface area contributed by atoms with Crippen LogP contribution in [0.15, 0.2) is 54.6 Å². The molecular weight excluding hydrogens is 422 g/mol. The van der Waals surface area contributed by atoms with Crippen LogP contribution in [0.25, 0.3) is 21.7 Å². The third-order valence-corrected chi connectivity index (χ3v) is 5.41. The molecule has 156 valence electrons. The summed E-state index contributed by atoms with van der Waals surface area (Å²) in [4.78, 5) is 43.2. The Labute approximate surface area is 179 Å². The standard InChI is InChI=1S/C20H15N5O5S/c1-30-13-4-2-3-11(9-13)19(26)23-24-20(27)12-5-6-14-15(10-12)22-18(21-14)16-7-8-17(31-16)25(28)29/h2-10H,1H3,(H,21,22)(H,23,26)(H,24,27). The van der Waals surface area contributed by atoms with E-state index >= 15 is 0 Å². The molecule has 0 unspecified atom stereocenters. The molecule has 0 bridgehead atoms. The molecule has 31 heavy (non-hydrogen) atoms. The van der Waals surface area contributed by atoms with E-state index in [1.807, 2.05) is 0 Å². The zero-order valence-electron chi connectivity index (χ0n) is 16.0. The summed E-state index contributed by atoms with van der Waals surface area (Å²) in [6.07, 6.45) is 0. The molecule has 4 rings (SSSR count). The molecular formula is C20H15N5O5S. The normalized spacial score (nSPS) is 10.6. The van der Waals surface area contributed by atoms with Crippen LogP contribution in [0.2, 0.25) is 0 Å². The van der Waals surface area contributed by atoms with E-state index in [0.29, 0.717) is 38.6 Å². The summed E-state index contributed by atoms with van der Waals surface area (Å²) >= 11 is 1.00. The van der Waals surface area contributed by atoms with Crippen LogP contribution in [0.3, 0.4) is 0 Å². The summed E-state index contributed by atoms with van der Waals surface area (Å²) in [6.45, 7) is 0. The minimum Gasteiger partial charge on any atom is -0.497 e. The van der Waals surface area contributed by atoms with E-state index in [4.69, 9.17) is 4.74 Å². The zero-order valence-corrected chi connectivity index (χ0v) is 16.9. The van der Waals surface area contributed by atoms with Crippen LogP contribution in [-0.2, 0) is 0 Å². The van der Waals surface area contributed by atoms with Crippen molar-refractivity contribution < 1.29 is 19.2 Å².